The van der Waals surface area contributed by atoms with E-state index >= 15 is 4.39 Å². The Balaban J connectivity index is 1.42. The summed E-state index contributed by atoms with van der Waals surface area (Å²) in [6.45, 7) is 3.66. The Bertz CT molecular complexity index is 1610. The van der Waals surface area contributed by atoms with Gasteiger partial charge in [-0.2, -0.15) is 0 Å². The van der Waals surface area contributed by atoms with Crippen molar-refractivity contribution < 1.29 is 32.7 Å². The number of halogens is 3. The van der Waals surface area contributed by atoms with Gasteiger partial charge < -0.3 is 26.4 Å². The number of carboxylic acid groups (broad SMARTS) is 1. The molecule has 0 radical (unpaired) electrons. The number of anilines is 1. The van der Waals surface area contributed by atoms with Crippen molar-refractivity contribution in [3.63, 3.8) is 0 Å². The fraction of sp³-hybridized carbons (Fsp3) is 0.346. The minimum Gasteiger partial charge on any atom is -0.477 e. The van der Waals surface area contributed by atoms with Crippen molar-refractivity contribution in [3.8, 4) is 5.69 Å². The van der Waals surface area contributed by atoms with E-state index in [4.69, 9.17) is 5.73 Å². The first-order valence-corrected chi connectivity index (χ1v) is 12.4. The molecule has 210 valence electrons. The topological polar surface area (TPSA) is 160 Å². The molecule has 4 atom stereocenters. The van der Waals surface area contributed by atoms with Crippen LogP contribution in [0.25, 0.3) is 16.7 Å². The molecule has 1 aliphatic carbocycles. The minimum absolute atomic E-state index is 0.0247. The third kappa shape index (κ3) is 4.74. The van der Waals surface area contributed by atoms with Crippen LogP contribution in [0.15, 0.2) is 35.3 Å². The van der Waals surface area contributed by atoms with Crippen molar-refractivity contribution in [2.75, 3.05) is 18.0 Å². The highest BCUT2D eigenvalue weighted by Crippen LogP contribution is 2.47. The monoisotopic (exact) mass is 558 g/mol. The summed E-state index contributed by atoms with van der Waals surface area (Å²) in [5.41, 5.74) is 3.28. The first-order chi connectivity index (χ1) is 18.9. The molecule has 5 rings (SSSR count). The third-order valence-electron chi connectivity index (χ3n) is 7.28. The number of benzene rings is 1. The summed E-state index contributed by atoms with van der Waals surface area (Å²) in [7, 11) is 0. The molecular formula is C26H25F3N6O5. The summed E-state index contributed by atoms with van der Waals surface area (Å²) in [6.07, 6.45) is 0.871. The first kappa shape index (κ1) is 27.1. The van der Waals surface area contributed by atoms with Crippen molar-refractivity contribution in [3.05, 3.63) is 63.7 Å². The average Bonchev–Trinajstić information content (AvgIpc) is 3.31. The van der Waals surface area contributed by atoms with Crippen molar-refractivity contribution in [1.29, 1.82) is 0 Å². The summed E-state index contributed by atoms with van der Waals surface area (Å²) in [5, 5.41) is 14.5. The fourth-order valence-corrected chi connectivity index (χ4v) is 5.06. The molecule has 0 spiro atoms. The quantitative estimate of drug-likeness (QED) is 0.333. The largest absolute Gasteiger partial charge is 0.477 e. The van der Waals surface area contributed by atoms with Gasteiger partial charge in [0.25, 0.3) is 0 Å². The Morgan fingerprint density at radius 2 is 1.75 bits per heavy atom. The number of piperidine rings is 1. The highest BCUT2D eigenvalue weighted by Gasteiger charge is 2.57. The standard InChI is InChI=1S/C26H25F3N6O5/c1-10(30)24(37)31-11(2)25(38)32-20-14-7-34(8-15(14)20)23-18(29)6-13-21(36)16(26(39)40)9-35(22(13)33-23)19-4-3-12(27)5-17(19)28/h3-6,9-11,14-15,20H,7-8,30H2,1-2H3,(H,31,37)(H,32,38)(H,39,40)/t10-,11-,14-,15-/m1/s1. The number of amides is 2. The Labute approximate surface area is 224 Å². The van der Waals surface area contributed by atoms with E-state index in [1.807, 2.05) is 0 Å². The number of carboxylic acids is 1. The SMILES string of the molecule is C[C@@H](N)C(=O)N[C@H](C)C(=O)NC1[C@@H]2CN(c3nc4c(cc3F)c(=O)c(C(=O)O)cn4-c3ccc(F)cc3F)C[C@@H]12. The van der Waals surface area contributed by atoms with E-state index in [0.29, 0.717) is 19.2 Å². The summed E-state index contributed by atoms with van der Waals surface area (Å²) in [4.78, 5) is 54.6. The zero-order valence-corrected chi connectivity index (χ0v) is 21.3. The van der Waals surface area contributed by atoms with Gasteiger partial charge in [-0.1, -0.05) is 0 Å². The highest BCUT2D eigenvalue weighted by atomic mass is 19.1. The number of nitrogens with one attached hydrogen (secondary N) is 2. The lowest BCUT2D eigenvalue weighted by molar-refractivity contribution is -0.129. The van der Waals surface area contributed by atoms with Crippen LogP contribution in [0, 0.1) is 29.3 Å². The molecule has 3 heterocycles. The lowest BCUT2D eigenvalue weighted by atomic mass is 10.1. The third-order valence-corrected chi connectivity index (χ3v) is 7.28. The number of fused-ring (bicyclic) bond motifs is 2. The van der Waals surface area contributed by atoms with Crippen molar-refractivity contribution in [2.45, 2.75) is 32.0 Å². The molecule has 2 amide bonds. The Morgan fingerprint density at radius 3 is 2.35 bits per heavy atom. The van der Waals surface area contributed by atoms with Gasteiger partial charge >= 0.3 is 5.97 Å². The van der Waals surface area contributed by atoms with E-state index in [9.17, 15) is 33.1 Å². The van der Waals surface area contributed by atoms with E-state index in [1.165, 1.54) is 13.8 Å². The highest BCUT2D eigenvalue weighted by molar-refractivity contribution is 5.93. The molecule has 40 heavy (non-hydrogen) atoms. The van der Waals surface area contributed by atoms with Crippen LogP contribution in [0.2, 0.25) is 0 Å². The van der Waals surface area contributed by atoms with E-state index in [2.05, 4.69) is 15.6 Å². The lowest BCUT2D eigenvalue weighted by Gasteiger charge is -2.23. The number of aromatic nitrogens is 2. The molecule has 3 aromatic rings. The van der Waals surface area contributed by atoms with E-state index in [-0.39, 0.29) is 46.3 Å². The maximum Gasteiger partial charge on any atom is 0.341 e. The van der Waals surface area contributed by atoms with E-state index in [1.54, 1.807) is 4.90 Å². The number of aromatic carboxylic acids is 1. The Hall–Kier alpha value is -4.46. The van der Waals surface area contributed by atoms with Crippen LogP contribution in [0.5, 0.6) is 0 Å². The molecule has 5 N–H and O–H groups in total. The molecule has 1 aromatic carbocycles. The number of nitrogens with zero attached hydrogens (tertiary/aromatic N) is 3. The van der Waals surface area contributed by atoms with Crippen molar-refractivity contribution in [2.24, 2.45) is 17.6 Å². The lowest BCUT2D eigenvalue weighted by Crippen LogP contribution is -2.50. The van der Waals surface area contributed by atoms with Gasteiger partial charge in [0.1, 0.15) is 23.2 Å². The minimum atomic E-state index is -1.60. The van der Waals surface area contributed by atoms with Crippen LogP contribution in [0.4, 0.5) is 19.0 Å². The predicted octanol–water partition coefficient (Wildman–Crippen LogP) is 0.904. The normalized spacial score (nSPS) is 21.1. The van der Waals surface area contributed by atoms with Crippen LogP contribution in [-0.4, -0.2) is 63.7 Å². The molecule has 2 aliphatic rings. The van der Waals surface area contributed by atoms with Crippen molar-refractivity contribution >= 4 is 34.6 Å². The summed E-state index contributed by atoms with van der Waals surface area (Å²) in [5.74, 6) is -5.42. The molecular weight excluding hydrogens is 533 g/mol. The Morgan fingerprint density at radius 1 is 1.07 bits per heavy atom. The van der Waals surface area contributed by atoms with E-state index in [0.717, 1.165) is 29.0 Å². The van der Waals surface area contributed by atoms with Gasteiger partial charge in [0.2, 0.25) is 17.2 Å². The number of pyridine rings is 2. The number of carbonyl (C=O) groups excluding carboxylic acids is 2. The molecule has 1 saturated carbocycles. The number of carbonyl (C=O) groups is 3. The second-order valence-corrected chi connectivity index (χ2v) is 10.1. The van der Waals surface area contributed by atoms with Gasteiger partial charge in [-0.15, -0.1) is 0 Å². The molecule has 1 saturated heterocycles. The van der Waals surface area contributed by atoms with Gasteiger partial charge in [-0.25, -0.2) is 22.9 Å². The van der Waals surface area contributed by atoms with Gasteiger partial charge in [0.15, 0.2) is 17.3 Å². The molecule has 0 bridgehead atoms. The van der Waals surface area contributed by atoms with Crippen LogP contribution in [0.3, 0.4) is 0 Å². The molecule has 2 aromatic heterocycles. The number of nitrogens with two attached hydrogens (primary N) is 1. The fourth-order valence-electron chi connectivity index (χ4n) is 5.06. The summed E-state index contributed by atoms with van der Waals surface area (Å²) >= 11 is 0. The molecule has 14 heteroatoms. The van der Waals surface area contributed by atoms with Crippen LogP contribution in [0.1, 0.15) is 24.2 Å². The summed E-state index contributed by atoms with van der Waals surface area (Å²) in [6, 6.07) is 1.71. The zero-order valence-electron chi connectivity index (χ0n) is 21.3. The maximum absolute atomic E-state index is 15.2. The Kier molecular flexibility index (Phi) is 6.74. The molecule has 11 nitrogen and oxygen atoms in total. The number of hydrogen-bond donors (Lipinski definition) is 4. The zero-order chi connectivity index (χ0) is 29.0. The van der Waals surface area contributed by atoms with Crippen LogP contribution in [-0.2, 0) is 9.59 Å². The maximum atomic E-state index is 15.2. The van der Waals surface area contributed by atoms with Crippen LogP contribution >= 0.6 is 0 Å². The smallest absolute Gasteiger partial charge is 0.341 e. The predicted molar refractivity (Wildman–Crippen MR) is 137 cm³/mol. The van der Waals surface area contributed by atoms with Crippen molar-refractivity contribution in [1.82, 2.24) is 20.2 Å². The molecule has 0 unspecified atom stereocenters. The van der Waals surface area contributed by atoms with Crippen LogP contribution < -0.4 is 26.7 Å². The average molecular weight is 559 g/mol. The second-order valence-electron chi connectivity index (χ2n) is 10.1. The second kappa shape index (κ2) is 9.93. The number of hydrogen-bond acceptors (Lipinski definition) is 7. The van der Waals surface area contributed by atoms with E-state index < -0.39 is 52.4 Å². The van der Waals surface area contributed by atoms with Gasteiger partial charge in [0.05, 0.1) is 17.1 Å². The van der Waals surface area contributed by atoms with Gasteiger partial charge in [-0.3, -0.25) is 19.0 Å². The molecule has 1 aliphatic heterocycles. The summed E-state index contributed by atoms with van der Waals surface area (Å²) < 4.78 is 44.5. The first-order valence-electron chi connectivity index (χ1n) is 12.4. The number of rotatable bonds is 7. The van der Waals surface area contributed by atoms with Gasteiger partial charge in [0, 0.05) is 43.2 Å². The van der Waals surface area contributed by atoms with Gasteiger partial charge in [-0.05, 0) is 32.0 Å². The molecule has 2 fully saturated rings.